The Balaban J connectivity index is 1.26. The summed E-state index contributed by atoms with van der Waals surface area (Å²) in [6, 6.07) is 23.2. The molecule has 2 amide bonds. The van der Waals surface area contributed by atoms with Crippen LogP contribution in [0.3, 0.4) is 0 Å². The van der Waals surface area contributed by atoms with Crippen molar-refractivity contribution in [3.63, 3.8) is 0 Å². The number of morpholine rings is 1. The maximum Gasteiger partial charge on any atom is 0.258 e. The summed E-state index contributed by atoms with van der Waals surface area (Å²) in [5.74, 6) is -0.148. The Labute approximate surface area is 193 Å². The number of carbonyl (C=O) groups is 2. The van der Waals surface area contributed by atoms with E-state index in [0.717, 1.165) is 43.1 Å². The lowest BCUT2D eigenvalue weighted by molar-refractivity contribution is 0.0948. The Morgan fingerprint density at radius 3 is 2.36 bits per heavy atom. The van der Waals surface area contributed by atoms with Crippen molar-refractivity contribution in [2.45, 2.75) is 13.0 Å². The maximum atomic E-state index is 13.0. The van der Waals surface area contributed by atoms with Gasteiger partial charge < -0.3 is 19.9 Å². The monoisotopic (exact) mass is 441 g/mol. The van der Waals surface area contributed by atoms with Crippen molar-refractivity contribution in [2.75, 3.05) is 42.6 Å². The van der Waals surface area contributed by atoms with Gasteiger partial charge in [-0.3, -0.25) is 9.59 Å². The Bertz CT molecular complexity index is 1140. The molecule has 2 aliphatic rings. The fourth-order valence-electron chi connectivity index (χ4n) is 4.52. The largest absolute Gasteiger partial charge is 0.378 e. The van der Waals surface area contributed by atoms with Gasteiger partial charge in [0, 0.05) is 48.7 Å². The number of amides is 2. The van der Waals surface area contributed by atoms with E-state index < -0.39 is 0 Å². The van der Waals surface area contributed by atoms with Gasteiger partial charge in [-0.25, -0.2) is 0 Å². The third-order valence-corrected chi connectivity index (χ3v) is 6.30. The van der Waals surface area contributed by atoms with Crippen molar-refractivity contribution in [3.8, 4) is 0 Å². The van der Waals surface area contributed by atoms with E-state index in [0.29, 0.717) is 30.6 Å². The van der Waals surface area contributed by atoms with Gasteiger partial charge in [0.1, 0.15) is 0 Å². The van der Waals surface area contributed by atoms with Crippen LogP contribution in [0.4, 0.5) is 11.4 Å². The molecule has 33 heavy (non-hydrogen) atoms. The fraction of sp³-hybridized carbons (Fsp3) is 0.259. The van der Waals surface area contributed by atoms with E-state index in [9.17, 15) is 9.59 Å². The van der Waals surface area contributed by atoms with Crippen molar-refractivity contribution in [1.29, 1.82) is 0 Å². The van der Waals surface area contributed by atoms with E-state index >= 15 is 0 Å². The summed E-state index contributed by atoms with van der Waals surface area (Å²) < 4.78 is 5.41. The van der Waals surface area contributed by atoms with Gasteiger partial charge in [0.15, 0.2) is 0 Å². The first kappa shape index (κ1) is 21.2. The Kier molecular flexibility index (Phi) is 6.09. The zero-order chi connectivity index (χ0) is 22.6. The van der Waals surface area contributed by atoms with Crippen LogP contribution in [0.2, 0.25) is 0 Å². The van der Waals surface area contributed by atoms with Crippen LogP contribution in [-0.4, -0.2) is 44.7 Å². The molecule has 0 aromatic heterocycles. The van der Waals surface area contributed by atoms with E-state index in [1.54, 1.807) is 4.90 Å². The number of hydrogen-bond donors (Lipinski definition) is 1. The maximum absolute atomic E-state index is 13.0. The van der Waals surface area contributed by atoms with Crippen LogP contribution in [0, 0.1) is 0 Å². The highest BCUT2D eigenvalue weighted by Gasteiger charge is 2.28. The molecular weight excluding hydrogens is 414 g/mol. The quantitative estimate of drug-likeness (QED) is 0.657. The smallest absolute Gasteiger partial charge is 0.258 e. The van der Waals surface area contributed by atoms with E-state index in [1.165, 1.54) is 5.69 Å². The van der Waals surface area contributed by atoms with Crippen LogP contribution in [0.5, 0.6) is 0 Å². The van der Waals surface area contributed by atoms with Crippen molar-refractivity contribution < 1.29 is 14.3 Å². The van der Waals surface area contributed by atoms with E-state index in [1.807, 2.05) is 48.5 Å². The summed E-state index contributed by atoms with van der Waals surface area (Å²) in [4.78, 5) is 30.0. The molecule has 1 N–H and O–H groups in total. The summed E-state index contributed by atoms with van der Waals surface area (Å²) >= 11 is 0. The number of rotatable bonds is 5. The lowest BCUT2D eigenvalue weighted by atomic mass is 10.0. The van der Waals surface area contributed by atoms with Crippen LogP contribution >= 0.6 is 0 Å². The molecule has 0 saturated carbocycles. The highest BCUT2D eigenvalue weighted by atomic mass is 16.5. The first-order valence-corrected chi connectivity index (χ1v) is 11.4. The number of ether oxygens (including phenoxy) is 1. The third-order valence-electron chi connectivity index (χ3n) is 6.30. The predicted octanol–water partition coefficient (Wildman–Crippen LogP) is 3.66. The minimum Gasteiger partial charge on any atom is -0.378 e. The first-order valence-electron chi connectivity index (χ1n) is 11.4. The number of hydrogen-bond acceptors (Lipinski definition) is 4. The SMILES string of the molecule is O=C(NCc1ccc(N2CCOCC2)cc1)c1cccc2c1CCN2C(=O)c1ccccc1. The molecule has 1 saturated heterocycles. The molecule has 2 aliphatic heterocycles. The third kappa shape index (κ3) is 4.47. The summed E-state index contributed by atoms with van der Waals surface area (Å²) in [5.41, 5.74) is 5.28. The van der Waals surface area contributed by atoms with Crippen LogP contribution in [0.1, 0.15) is 31.8 Å². The lowest BCUT2D eigenvalue weighted by Crippen LogP contribution is -2.36. The Morgan fingerprint density at radius 1 is 0.848 bits per heavy atom. The first-order chi connectivity index (χ1) is 16.2. The predicted molar refractivity (Wildman–Crippen MR) is 129 cm³/mol. The molecule has 1 fully saturated rings. The lowest BCUT2D eigenvalue weighted by Gasteiger charge is -2.28. The summed E-state index contributed by atoms with van der Waals surface area (Å²) in [6.07, 6.45) is 0.672. The van der Waals surface area contributed by atoms with Crippen molar-refractivity contribution >= 4 is 23.2 Å². The summed E-state index contributed by atoms with van der Waals surface area (Å²) in [6.45, 7) is 4.36. The topological polar surface area (TPSA) is 61.9 Å². The highest BCUT2D eigenvalue weighted by Crippen LogP contribution is 2.32. The Morgan fingerprint density at radius 2 is 1.61 bits per heavy atom. The van der Waals surface area contributed by atoms with Gasteiger partial charge in [0.25, 0.3) is 11.8 Å². The highest BCUT2D eigenvalue weighted by molar-refractivity contribution is 6.08. The second-order valence-electron chi connectivity index (χ2n) is 8.32. The minimum atomic E-state index is -0.113. The molecule has 5 rings (SSSR count). The van der Waals surface area contributed by atoms with Crippen molar-refractivity contribution in [2.24, 2.45) is 0 Å². The molecule has 2 heterocycles. The molecule has 168 valence electrons. The van der Waals surface area contributed by atoms with E-state index in [4.69, 9.17) is 4.74 Å². The zero-order valence-corrected chi connectivity index (χ0v) is 18.5. The fourth-order valence-corrected chi connectivity index (χ4v) is 4.52. The van der Waals surface area contributed by atoms with Gasteiger partial charge in [0.2, 0.25) is 0 Å². The number of anilines is 2. The molecule has 0 unspecified atom stereocenters. The molecule has 0 aliphatic carbocycles. The van der Waals surface area contributed by atoms with Gasteiger partial charge in [-0.15, -0.1) is 0 Å². The molecule has 6 heteroatoms. The average molecular weight is 442 g/mol. The average Bonchev–Trinajstić information content (AvgIpc) is 3.32. The molecule has 0 radical (unpaired) electrons. The summed E-state index contributed by atoms with van der Waals surface area (Å²) in [7, 11) is 0. The van der Waals surface area contributed by atoms with Gasteiger partial charge in [-0.05, 0) is 53.9 Å². The second kappa shape index (κ2) is 9.46. The molecule has 3 aromatic carbocycles. The van der Waals surface area contributed by atoms with E-state index in [2.05, 4.69) is 34.5 Å². The second-order valence-corrected chi connectivity index (χ2v) is 8.32. The molecule has 6 nitrogen and oxygen atoms in total. The van der Waals surface area contributed by atoms with Crippen LogP contribution < -0.4 is 15.1 Å². The molecular formula is C27H27N3O3. The van der Waals surface area contributed by atoms with Gasteiger partial charge in [-0.1, -0.05) is 36.4 Å². The van der Waals surface area contributed by atoms with Gasteiger partial charge in [-0.2, -0.15) is 0 Å². The minimum absolute atomic E-state index is 0.0349. The molecule has 3 aromatic rings. The number of carbonyl (C=O) groups excluding carboxylic acids is 2. The van der Waals surface area contributed by atoms with Crippen LogP contribution in [0.25, 0.3) is 0 Å². The number of benzene rings is 3. The Hall–Kier alpha value is -3.64. The van der Waals surface area contributed by atoms with E-state index in [-0.39, 0.29) is 11.8 Å². The summed E-state index contributed by atoms with van der Waals surface area (Å²) in [5, 5.41) is 3.04. The van der Waals surface area contributed by atoms with Crippen molar-refractivity contribution in [1.82, 2.24) is 5.32 Å². The van der Waals surface area contributed by atoms with Gasteiger partial charge >= 0.3 is 0 Å². The standard InChI is InChI=1S/C27H27N3O3/c31-26(28-19-20-9-11-22(12-10-20)29-15-17-33-18-16-29)24-7-4-8-25-23(24)13-14-30(25)27(32)21-5-2-1-3-6-21/h1-12H,13-19H2,(H,28,31). The van der Waals surface area contributed by atoms with Gasteiger partial charge in [0.05, 0.1) is 13.2 Å². The molecule has 0 atom stereocenters. The number of nitrogens with zero attached hydrogens (tertiary/aromatic N) is 2. The molecule has 0 bridgehead atoms. The van der Waals surface area contributed by atoms with Crippen LogP contribution in [0.15, 0.2) is 72.8 Å². The number of fused-ring (bicyclic) bond motifs is 1. The van der Waals surface area contributed by atoms with Crippen molar-refractivity contribution in [3.05, 3.63) is 95.1 Å². The molecule has 0 spiro atoms. The normalized spacial score (nSPS) is 15.3. The number of nitrogens with one attached hydrogen (secondary N) is 1. The van der Waals surface area contributed by atoms with Crippen LogP contribution in [-0.2, 0) is 17.7 Å². The zero-order valence-electron chi connectivity index (χ0n) is 18.5.